The first-order chi connectivity index (χ1) is 12.4. The van der Waals surface area contributed by atoms with Crippen LogP contribution in [-0.2, 0) is 6.42 Å². The molecule has 132 valence electrons. The fourth-order valence-corrected chi connectivity index (χ4v) is 3.88. The first-order valence-electron chi connectivity index (χ1n) is 10.3. The minimum atomic E-state index is 1.21. The number of rotatable bonds is 10. The Bertz CT molecular complexity index is 784. The van der Waals surface area contributed by atoms with E-state index in [0.717, 1.165) is 0 Å². The van der Waals surface area contributed by atoms with Crippen LogP contribution in [0.5, 0.6) is 0 Å². The lowest BCUT2D eigenvalue weighted by Gasteiger charge is -2.09. The van der Waals surface area contributed by atoms with Gasteiger partial charge in [-0.1, -0.05) is 101 Å². The van der Waals surface area contributed by atoms with Gasteiger partial charge in [0.2, 0.25) is 0 Å². The molecule has 0 saturated heterocycles. The molecule has 0 aliphatic heterocycles. The summed E-state index contributed by atoms with van der Waals surface area (Å²) in [7, 11) is 0. The van der Waals surface area contributed by atoms with E-state index in [1.807, 2.05) is 0 Å². The molecule has 0 heteroatoms. The molecule has 0 fully saturated rings. The highest BCUT2D eigenvalue weighted by molar-refractivity contribution is 5.99. The van der Waals surface area contributed by atoms with Crippen LogP contribution in [0, 0.1) is 0 Å². The number of hydrogen-bond donors (Lipinski definition) is 0. The van der Waals surface area contributed by atoms with Gasteiger partial charge in [-0.05, 0) is 52.1 Å². The molecule has 0 aromatic heterocycles. The van der Waals surface area contributed by atoms with Gasteiger partial charge in [0, 0.05) is 0 Å². The van der Waals surface area contributed by atoms with E-state index in [9.17, 15) is 0 Å². The van der Waals surface area contributed by atoms with Crippen LogP contribution in [0.3, 0.4) is 0 Å². The molecule has 0 aliphatic carbocycles. The molecule has 0 amide bonds. The lowest BCUT2D eigenvalue weighted by atomic mass is 9.96. The molecule has 0 heterocycles. The summed E-state index contributed by atoms with van der Waals surface area (Å²) in [5.74, 6) is 0. The largest absolute Gasteiger partial charge is 0.0654 e. The average Bonchev–Trinajstić information content (AvgIpc) is 2.65. The highest BCUT2D eigenvalue weighted by atomic mass is 14.1. The third kappa shape index (κ3) is 5.08. The second-order valence-corrected chi connectivity index (χ2v) is 7.42. The SMILES string of the molecule is CCCCCCCCCCCc1cccc2cc3ccccc3cc12. The number of unbranched alkanes of at least 4 members (excludes halogenated alkanes) is 8. The molecule has 0 saturated carbocycles. The minimum Gasteiger partial charge on any atom is -0.0654 e. The van der Waals surface area contributed by atoms with Crippen molar-refractivity contribution < 1.29 is 0 Å². The Hall–Kier alpha value is -1.82. The Morgan fingerprint density at radius 1 is 0.560 bits per heavy atom. The van der Waals surface area contributed by atoms with Crippen molar-refractivity contribution >= 4 is 21.5 Å². The average molecular weight is 333 g/mol. The smallest absolute Gasteiger partial charge is 0.0146 e. The summed E-state index contributed by atoms with van der Waals surface area (Å²) in [5, 5.41) is 5.53. The number of hydrogen-bond acceptors (Lipinski definition) is 0. The van der Waals surface area contributed by atoms with Crippen LogP contribution in [0.2, 0.25) is 0 Å². The number of aryl methyl sites for hydroxylation is 1. The zero-order valence-corrected chi connectivity index (χ0v) is 15.8. The van der Waals surface area contributed by atoms with E-state index in [4.69, 9.17) is 0 Å². The van der Waals surface area contributed by atoms with Crippen molar-refractivity contribution in [3.63, 3.8) is 0 Å². The molecular weight excluding hydrogens is 300 g/mol. The van der Waals surface area contributed by atoms with Crippen LogP contribution in [0.15, 0.2) is 54.6 Å². The van der Waals surface area contributed by atoms with E-state index in [1.165, 1.54) is 91.3 Å². The van der Waals surface area contributed by atoms with Gasteiger partial charge >= 0.3 is 0 Å². The Labute approximate surface area is 153 Å². The summed E-state index contributed by atoms with van der Waals surface area (Å²) in [5.41, 5.74) is 1.52. The fourth-order valence-electron chi connectivity index (χ4n) is 3.88. The van der Waals surface area contributed by atoms with Crippen molar-refractivity contribution in [3.8, 4) is 0 Å². The lowest BCUT2D eigenvalue weighted by Crippen LogP contribution is -1.89. The van der Waals surface area contributed by atoms with Gasteiger partial charge < -0.3 is 0 Å². The summed E-state index contributed by atoms with van der Waals surface area (Å²) in [6.07, 6.45) is 13.8. The second-order valence-electron chi connectivity index (χ2n) is 7.42. The highest BCUT2D eigenvalue weighted by Gasteiger charge is 2.03. The molecule has 3 aromatic carbocycles. The minimum absolute atomic E-state index is 1.21. The molecule has 0 nitrogen and oxygen atoms in total. The van der Waals surface area contributed by atoms with Crippen molar-refractivity contribution in [2.24, 2.45) is 0 Å². The van der Waals surface area contributed by atoms with Gasteiger partial charge in [-0.25, -0.2) is 0 Å². The monoisotopic (exact) mass is 332 g/mol. The van der Waals surface area contributed by atoms with Crippen LogP contribution in [-0.4, -0.2) is 0 Å². The maximum absolute atomic E-state index is 2.38. The van der Waals surface area contributed by atoms with Crippen LogP contribution >= 0.6 is 0 Å². The van der Waals surface area contributed by atoms with E-state index in [-0.39, 0.29) is 0 Å². The van der Waals surface area contributed by atoms with Gasteiger partial charge in [0.05, 0.1) is 0 Å². The first-order valence-corrected chi connectivity index (χ1v) is 10.3. The summed E-state index contributed by atoms with van der Waals surface area (Å²) in [6.45, 7) is 2.29. The summed E-state index contributed by atoms with van der Waals surface area (Å²) >= 11 is 0. The molecule has 0 bridgehead atoms. The summed E-state index contributed by atoms with van der Waals surface area (Å²) < 4.78 is 0. The van der Waals surface area contributed by atoms with Crippen molar-refractivity contribution in [3.05, 3.63) is 60.2 Å². The molecule has 0 aliphatic rings. The fraction of sp³-hybridized carbons (Fsp3) is 0.440. The molecule has 0 atom stereocenters. The van der Waals surface area contributed by atoms with Gasteiger partial charge in [0.1, 0.15) is 0 Å². The van der Waals surface area contributed by atoms with Gasteiger partial charge in [-0.2, -0.15) is 0 Å². The summed E-state index contributed by atoms with van der Waals surface area (Å²) in [4.78, 5) is 0. The van der Waals surface area contributed by atoms with Crippen molar-refractivity contribution in [1.82, 2.24) is 0 Å². The Morgan fingerprint density at radius 3 is 1.88 bits per heavy atom. The van der Waals surface area contributed by atoms with Gasteiger partial charge in [-0.3, -0.25) is 0 Å². The molecule has 3 rings (SSSR count). The van der Waals surface area contributed by atoms with Crippen LogP contribution in [0.25, 0.3) is 21.5 Å². The second kappa shape index (κ2) is 9.61. The van der Waals surface area contributed by atoms with E-state index < -0.39 is 0 Å². The standard InChI is InChI=1S/C25H32/c1-2-3-4-5-6-7-8-9-10-14-21-17-13-18-24-19-22-15-11-12-16-23(22)20-25(21)24/h11-13,15-20H,2-10,14H2,1H3. The van der Waals surface area contributed by atoms with Crippen molar-refractivity contribution in [2.75, 3.05) is 0 Å². The Balaban J connectivity index is 1.52. The topological polar surface area (TPSA) is 0 Å². The highest BCUT2D eigenvalue weighted by Crippen LogP contribution is 2.26. The molecular formula is C25H32. The predicted octanol–water partition coefficient (Wildman–Crippen LogP) is 8.07. The maximum Gasteiger partial charge on any atom is -0.0146 e. The quantitative estimate of drug-likeness (QED) is 0.260. The van der Waals surface area contributed by atoms with E-state index >= 15 is 0 Å². The van der Waals surface area contributed by atoms with Gasteiger partial charge in [0.25, 0.3) is 0 Å². The molecule has 0 radical (unpaired) electrons. The van der Waals surface area contributed by atoms with E-state index in [0.29, 0.717) is 0 Å². The third-order valence-corrected chi connectivity index (χ3v) is 5.39. The van der Waals surface area contributed by atoms with Crippen LogP contribution in [0.4, 0.5) is 0 Å². The van der Waals surface area contributed by atoms with Crippen LogP contribution < -0.4 is 0 Å². The van der Waals surface area contributed by atoms with Crippen molar-refractivity contribution in [1.29, 1.82) is 0 Å². The first kappa shape index (κ1) is 18.0. The zero-order valence-electron chi connectivity index (χ0n) is 15.8. The number of fused-ring (bicyclic) bond motifs is 2. The zero-order chi connectivity index (χ0) is 17.3. The van der Waals surface area contributed by atoms with Crippen molar-refractivity contribution in [2.45, 2.75) is 71.1 Å². The molecule has 3 aromatic rings. The predicted molar refractivity (Wildman–Crippen MR) is 112 cm³/mol. The molecule has 0 unspecified atom stereocenters. The Morgan fingerprint density at radius 2 is 1.16 bits per heavy atom. The summed E-state index contributed by atoms with van der Waals surface area (Å²) in [6, 6.07) is 20.2. The van der Waals surface area contributed by atoms with Gasteiger partial charge in [-0.15, -0.1) is 0 Å². The molecule has 0 N–H and O–H groups in total. The van der Waals surface area contributed by atoms with Gasteiger partial charge in [0.15, 0.2) is 0 Å². The molecule has 25 heavy (non-hydrogen) atoms. The lowest BCUT2D eigenvalue weighted by molar-refractivity contribution is 0.565. The molecule has 0 spiro atoms. The van der Waals surface area contributed by atoms with Crippen LogP contribution in [0.1, 0.15) is 70.3 Å². The number of benzene rings is 3. The normalized spacial score (nSPS) is 11.4. The maximum atomic E-state index is 2.38. The van der Waals surface area contributed by atoms with E-state index in [2.05, 4.69) is 61.5 Å². The Kier molecular flexibility index (Phi) is 6.91. The van der Waals surface area contributed by atoms with E-state index in [1.54, 1.807) is 0 Å². The third-order valence-electron chi connectivity index (χ3n) is 5.39.